The molecule has 0 unspecified atom stereocenters. The second-order valence-electron chi connectivity index (χ2n) is 9.06. The molecule has 2 amide bonds. The van der Waals surface area contributed by atoms with Crippen LogP contribution in [0.2, 0.25) is 0 Å². The first-order chi connectivity index (χ1) is 18.5. The summed E-state index contributed by atoms with van der Waals surface area (Å²) in [7, 11) is 1.32. The van der Waals surface area contributed by atoms with E-state index in [0.717, 1.165) is 6.07 Å². The van der Waals surface area contributed by atoms with Gasteiger partial charge in [-0.2, -0.15) is 13.2 Å². The number of alkyl halides is 4. The molecule has 1 atom stereocenters. The van der Waals surface area contributed by atoms with Gasteiger partial charge in [0.15, 0.2) is 11.5 Å². The highest BCUT2D eigenvalue weighted by Crippen LogP contribution is 2.37. The molecule has 14 heteroatoms. The average Bonchev–Trinajstić information content (AvgIpc) is 3.32. The molecule has 0 spiro atoms. The highest BCUT2D eigenvalue weighted by molar-refractivity contribution is 6.17. The molecule has 10 nitrogen and oxygen atoms in total. The van der Waals surface area contributed by atoms with Crippen LogP contribution in [-0.2, 0) is 10.9 Å². The number of methoxy groups -OCH3 is 1. The fourth-order valence-corrected chi connectivity index (χ4v) is 4.24. The number of hydrogen-bond acceptors (Lipinski definition) is 8. The minimum absolute atomic E-state index is 0.00917. The van der Waals surface area contributed by atoms with E-state index in [4.69, 9.17) is 31.2 Å². The number of nitrogens with two attached hydrogens (primary N) is 1. The number of nitrogens with zero attached hydrogens (tertiary/aromatic N) is 2. The highest BCUT2D eigenvalue weighted by atomic mass is 35.5. The first-order valence-corrected chi connectivity index (χ1v) is 12.7. The predicted molar refractivity (Wildman–Crippen MR) is 135 cm³/mol. The Labute approximate surface area is 226 Å². The summed E-state index contributed by atoms with van der Waals surface area (Å²) in [6, 6.07) is 4.13. The summed E-state index contributed by atoms with van der Waals surface area (Å²) in [6.07, 6.45) is -4.07. The Balaban J connectivity index is 1.53. The van der Waals surface area contributed by atoms with Crippen molar-refractivity contribution in [2.24, 2.45) is 5.73 Å². The minimum atomic E-state index is -4.65. The average molecular weight is 570 g/mol. The number of rotatable bonds is 9. The molecule has 1 aromatic carbocycles. The first-order valence-electron chi connectivity index (χ1n) is 12.1. The van der Waals surface area contributed by atoms with E-state index in [1.54, 1.807) is 13.0 Å². The number of alkyl carbamates (subject to hydrolysis) is 1. The summed E-state index contributed by atoms with van der Waals surface area (Å²) in [6.45, 7) is 2.02. The number of ether oxygens (including phenoxy) is 2. The van der Waals surface area contributed by atoms with Crippen LogP contribution in [0.1, 0.15) is 54.2 Å². The highest BCUT2D eigenvalue weighted by Gasteiger charge is 2.36. The molecule has 0 aliphatic heterocycles. The summed E-state index contributed by atoms with van der Waals surface area (Å²) in [4.78, 5) is 32.9. The maximum absolute atomic E-state index is 13.3. The van der Waals surface area contributed by atoms with Crippen LogP contribution in [-0.4, -0.2) is 53.6 Å². The number of amides is 2. The monoisotopic (exact) mass is 569 g/mol. The fourth-order valence-electron chi connectivity index (χ4n) is 4.10. The van der Waals surface area contributed by atoms with Crippen LogP contribution in [0.25, 0.3) is 22.4 Å². The second-order valence-corrected chi connectivity index (χ2v) is 9.44. The summed E-state index contributed by atoms with van der Waals surface area (Å²) in [5.74, 6) is 0.117. The van der Waals surface area contributed by atoms with Crippen molar-refractivity contribution in [1.29, 1.82) is 0 Å². The topological polar surface area (TPSA) is 142 Å². The molecule has 1 aliphatic carbocycles. The van der Waals surface area contributed by atoms with Gasteiger partial charge >= 0.3 is 12.3 Å². The zero-order chi connectivity index (χ0) is 28.3. The van der Waals surface area contributed by atoms with E-state index < -0.39 is 29.9 Å². The lowest BCUT2D eigenvalue weighted by Gasteiger charge is -2.34. The van der Waals surface area contributed by atoms with Crippen molar-refractivity contribution in [3.63, 3.8) is 0 Å². The van der Waals surface area contributed by atoms with Crippen LogP contribution in [0.3, 0.4) is 0 Å². The van der Waals surface area contributed by atoms with Gasteiger partial charge in [-0.15, -0.1) is 11.6 Å². The Kier molecular flexibility index (Phi) is 8.50. The van der Waals surface area contributed by atoms with Gasteiger partial charge in [0.25, 0.3) is 5.91 Å². The molecule has 0 bridgehead atoms. The Morgan fingerprint density at radius 2 is 1.97 bits per heavy atom. The van der Waals surface area contributed by atoms with Gasteiger partial charge in [-0.25, -0.2) is 14.8 Å². The Morgan fingerprint density at radius 3 is 2.62 bits per heavy atom. The quantitative estimate of drug-likeness (QED) is 0.252. The third-order valence-electron chi connectivity index (χ3n) is 6.13. The number of halogens is 4. The van der Waals surface area contributed by atoms with E-state index in [2.05, 4.69) is 20.6 Å². The van der Waals surface area contributed by atoms with Crippen LogP contribution < -0.4 is 21.1 Å². The Morgan fingerprint density at radius 1 is 1.23 bits per heavy atom. The van der Waals surface area contributed by atoms with Gasteiger partial charge in [-0.1, -0.05) is 0 Å². The van der Waals surface area contributed by atoms with Gasteiger partial charge in [-0.05, 0) is 37.6 Å². The van der Waals surface area contributed by atoms with Crippen LogP contribution >= 0.6 is 11.6 Å². The third kappa shape index (κ3) is 6.36. The molecule has 2 heterocycles. The molecule has 2 aromatic heterocycles. The van der Waals surface area contributed by atoms with Gasteiger partial charge in [0.2, 0.25) is 5.89 Å². The van der Waals surface area contributed by atoms with E-state index in [1.165, 1.54) is 19.2 Å². The molecule has 1 fully saturated rings. The number of fused-ring (bicyclic) bond motifs is 1. The number of carbonyl (C=O) groups is 2. The lowest BCUT2D eigenvalue weighted by molar-refractivity contribution is -0.140. The normalized spacial score (nSPS) is 17.8. The van der Waals surface area contributed by atoms with E-state index in [0.29, 0.717) is 37.3 Å². The standard InChI is InChI=1S/C25H27ClF3N5O5/c1-12(30)21-20(22(35)32-13-10-14(11-13)38-24(36)31-9-3-8-26)34-23(39-21)16-4-6-17(37-2)19-15(16)5-7-18(33-19)25(27,28)29/h4-7,12-14H,3,8-11,30H2,1-2H3,(H,31,36)(H,32,35)/t12-,13?,14?/m0/s1. The lowest BCUT2D eigenvalue weighted by atomic mass is 9.89. The number of carbonyl (C=O) groups excluding carboxylic acids is 2. The number of aromatic nitrogens is 2. The number of benzene rings is 1. The van der Waals surface area contributed by atoms with Gasteiger partial charge in [-0.3, -0.25) is 4.79 Å². The maximum atomic E-state index is 13.3. The molecule has 39 heavy (non-hydrogen) atoms. The third-order valence-corrected chi connectivity index (χ3v) is 6.39. The second kappa shape index (κ2) is 11.7. The molecular weight excluding hydrogens is 543 g/mol. The van der Waals surface area contributed by atoms with Crippen molar-refractivity contribution in [3.8, 4) is 17.2 Å². The van der Waals surface area contributed by atoms with E-state index in [9.17, 15) is 22.8 Å². The largest absolute Gasteiger partial charge is 0.494 e. The molecule has 1 saturated carbocycles. The number of nitrogens with one attached hydrogen (secondary N) is 2. The van der Waals surface area contributed by atoms with Gasteiger partial charge < -0.3 is 30.3 Å². The lowest BCUT2D eigenvalue weighted by Crippen LogP contribution is -2.49. The van der Waals surface area contributed by atoms with E-state index in [-0.39, 0.29) is 46.1 Å². The van der Waals surface area contributed by atoms with Crippen LogP contribution in [0, 0.1) is 0 Å². The minimum Gasteiger partial charge on any atom is -0.494 e. The molecule has 4 rings (SSSR count). The SMILES string of the molecule is COc1ccc(-c2nc(C(=O)NC3CC(OC(=O)NCCCCl)C3)c([C@H](C)N)o2)c2ccc(C(F)(F)F)nc12. The van der Waals surface area contributed by atoms with Crippen molar-refractivity contribution >= 4 is 34.5 Å². The van der Waals surface area contributed by atoms with Crippen molar-refractivity contribution < 1.29 is 36.7 Å². The number of pyridine rings is 1. The summed E-state index contributed by atoms with van der Waals surface area (Å²) in [5, 5.41) is 5.71. The molecule has 1 aliphatic rings. The smallest absolute Gasteiger partial charge is 0.433 e. The first kappa shape index (κ1) is 28.4. The van der Waals surface area contributed by atoms with Gasteiger partial charge in [0.05, 0.1) is 13.2 Å². The van der Waals surface area contributed by atoms with Crippen LogP contribution in [0.15, 0.2) is 28.7 Å². The molecule has 0 radical (unpaired) electrons. The Bertz CT molecular complexity index is 1360. The van der Waals surface area contributed by atoms with Crippen LogP contribution in [0.4, 0.5) is 18.0 Å². The summed E-state index contributed by atoms with van der Waals surface area (Å²) < 4.78 is 56.1. The van der Waals surface area contributed by atoms with Gasteiger partial charge in [0.1, 0.15) is 23.1 Å². The van der Waals surface area contributed by atoms with Crippen molar-refractivity contribution in [1.82, 2.24) is 20.6 Å². The predicted octanol–water partition coefficient (Wildman–Crippen LogP) is 4.55. The maximum Gasteiger partial charge on any atom is 0.433 e. The van der Waals surface area contributed by atoms with Crippen LogP contribution in [0.5, 0.6) is 5.75 Å². The van der Waals surface area contributed by atoms with Crippen molar-refractivity contribution in [2.75, 3.05) is 19.5 Å². The van der Waals surface area contributed by atoms with E-state index in [1.807, 2.05) is 0 Å². The molecule has 0 saturated heterocycles. The van der Waals surface area contributed by atoms with Crippen molar-refractivity contribution in [3.05, 3.63) is 41.4 Å². The molecule has 3 aromatic rings. The van der Waals surface area contributed by atoms with Gasteiger partial charge in [0, 0.05) is 42.3 Å². The summed E-state index contributed by atoms with van der Waals surface area (Å²) >= 11 is 5.58. The molecule has 4 N–H and O–H groups in total. The number of oxazole rings is 1. The van der Waals surface area contributed by atoms with Crippen molar-refractivity contribution in [2.45, 2.75) is 50.6 Å². The molecular formula is C25H27ClF3N5O5. The fraction of sp³-hybridized carbons (Fsp3) is 0.440. The molecule has 210 valence electrons. The Hall–Kier alpha value is -3.58. The summed E-state index contributed by atoms with van der Waals surface area (Å²) in [5.41, 5.74) is 5.17. The zero-order valence-electron chi connectivity index (χ0n) is 21.1. The van der Waals surface area contributed by atoms with E-state index >= 15 is 0 Å². The number of hydrogen-bond donors (Lipinski definition) is 3. The zero-order valence-corrected chi connectivity index (χ0v) is 21.9.